The highest BCUT2D eigenvalue weighted by atomic mass is 32.2. The van der Waals surface area contributed by atoms with Crippen LogP contribution < -0.4 is 14.4 Å². The molecule has 33 heavy (non-hydrogen) atoms. The molecule has 180 valence electrons. The van der Waals surface area contributed by atoms with Gasteiger partial charge in [-0.3, -0.25) is 19.2 Å². The number of aryl methyl sites for hydroxylation is 1. The lowest BCUT2D eigenvalue weighted by atomic mass is 10.2. The van der Waals surface area contributed by atoms with Gasteiger partial charge in [0.1, 0.15) is 12.3 Å². The van der Waals surface area contributed by atoms with Gasteiger partial charge in [-0.1, -0.05) is 6.07 Å². The summed E-state index contributed by atoms with van der Waals surface area (Å²) in [6.07, 6.45) is 0.651. The van der Waals surface area contributed by atoms with Crippen LogP contribution >= 0.6 is 0 Å². The zero-order chi connectivity index (χ0) is 24.6. The predicted octanol–water partition coefficient (Wildman–Crippen LogP) is 3.04. The van der Waals surface area contributed by atoms with Crippen LogP contribution in [0, 0.1) is 17.0 Å². The Morgan fingerprint density at radius 3 is 2.42 bits per heavy atom. The number of methoxy groups -OCH3 is 1. The van der Waals surface area contributed by atoms with Crippen molar-refractivity contribution in [2.24, 2.45) is 0 Å². The van der Waals surface area contributed by atoms with Crippen LogP contribution in [0.25, 0.3) is 0 Å². The monoisotopic (exact) mass is 479 g/mol. The normalized spacial score (nSPS) is 11.3. The molecule has 0 aliphatic carbocycles. The van der Waals surface area contributed by atoms with E-state index in [1.165, 1.54) is 38.3 Å². The fraction of sp³-hybridized carbons (Fsp3) is 0.409. The Bertz CT molecular complexity index is 1070. The van der Waals surface area contributed by atoms with Crippen LogP contribution in [0.4, 0.5) is 11.4 Å². The first-order chi connectivity index (χ1) is 15.6. The predicted molar refractivity (Wildman–Crippen MR) is 124 cm³/mol. The number of hydrogen-bond donors (Lipinski definition) is 1. The highest BCUT2D eigenvalue weighted by Gasteiger charge is 2.29. The fourth-order valence-electron chi connectivity index (χ4n) is 2.94. The van der Waals surface area contributed by atoms with Gasteiger partial charge in [0.2, 0.25) is 5.91 Å². The first kappa shape index (κ1) is 26.1. The molecule has 0 heterocycles. The molecular weight excluding hydrogens is 450 g/mol. The molecule has 11 heteroatoms. The summed E-state index contributed by atoms with van der Waals surface area (Å²) in [5, 5.41) is 14.0. The molecular formula is C22H29N3O7S. The molecule has 0 unspecified atom stereocenters. The number of benzene rings is 2. The van der Waals surface area contributed by atoms with Crippen molar-refractivity contribution in [3.8, 4) is 5.75 Å². The lowest BCUT2D eigenvalue weighted by Crippen LogP contribution is -2.41. The van der Waals surface area contributed by atoms with Crippen LogP contribution in [0.3, 0.4) is 0 Å². The maximum Gasteiger partial charge on any atom is 0.273 e. The number of anilines is 1. The minimum absolute atomic E-state index is 0.0787. The van der Waals surface area contributed by atoms with Crippen LogP contribution in [-0.2, 0) is 19.6 Å². The minimum Gasteiger partial charge on any atom is -0.497 e. The van der Waals surface area contributed by atoms with Crippen molar-refractivity contribution in [1.29, 1.82) is 0 Å². The van der Waals surface area contributed by atoms with E-state index in [4.69, 9.17) is 9.47 Å². The standard InChI is InChI=1S/C22H29N3O7S/c1-16(2)32-13-5-12-23-22(26)15-24(18-7-9-19(31-4)10-8-18)33(29,30)20-11-6-17(3)21(14-20)25(27)28/h6-11,14,16H,5,12-13,15H2,1-4H3,(H,23,26). The average molecular weight is 480 g/mol. The second kappa shape index (κ2) is 11.6. The molecule has 0 saturated heterocycles. The largest absolute Gasteiger partial charge is 0.497 e. The Labute approximate surface area is 193 Å². The van der Waals surface area contributed by atoms with Crippen LogP contribution in [0.15, 0.2) is 47.4 Å². The van der Waals surface area contributed by atoms with Gasteiger partial charge in [-0.25, -0.2) is 8.42 Å². The number of sulfonamides is 1. The van der Waals surface area contributed by atoms with Gasteiger partial charge in [-0.05, 0) is 57.5 Å². The van der Waals surface area contributed by atoms with Crippen LogP contribution in [-0.4, -0.2) is 52.2 Å². The Morgan fingerprint density at radius 2 is 1.85 bits per heavy atom. The van der Waals surface area contributed by atoms with E-state index < -0.39 is 27.4 Å². The van der Waals surface area contributed by atoms with Crippen molar-refractivity contribution in [2.45, 2.75) is 38.2 Å². The van der Waals surface area contributed by atoms with E-state index >= 15 is 0 Å². The second-order valence-corrected chi connectivity index (χ2v) is 9.40. The summed E-state index contributed by atoms with van der Waals surface area (Å²) < 4.78 is 38.3. The topological polar surface area (TPSA) is 128 Å². The zero-order valence-corrected chi connectivity index (χ0v) is 19.9. The summed E-state index contributed by atoms with van der Waals surface area (Å²) in [5.41, 5.74) is 0.231. The van der Waals surface area contributed by atoms with Gasteiger partial charge < -0.3 is 14.8 Å². The first-order valence-corrected chi connectivity index (χ1v) is 11.8. The van der Waals surface area contributed by atoms with Gasteiger partial charge in [0.05, 0.1) is 28.7 Å². The molecule has 1 N–H and O–H groups in total. The molecule has 0 aliphatic heterocycles. The number of nitrogens with zero attached hydrogens (tertiary/aromatic N) is 2. The highest BCUT2D eigenvalue weighted by molar-refractivity contribution is 7.92. The number of carbonyl (C=O) groups excluding carboxylic acids is 1. The summed E-state index contributed by atoms with van der Waals surface area (Å²) in [6, 6.07) is 9.79. The second-order valence-electron chi connectivity index (χ2n) is 7.54. The van der Waals surface area contributed by atoms with Crippen LogP contribution in [0.2, 0.25) is 0 Å². The Balaban J connectivity index is 2.31. The molecule has 2 rings (SSSR count). The van der Waals surface area contributed by atoms with E-state index in [-0.39, 0.29) is 22.4 Å². The lowest BCUT2D eigenvalue weighted by Gasteiger charge is -2.24. The van der Waals surface area contributed by atoms with Gasteiger partial charge in [-0.15, -0.1) is 0 Å². The summed E-state index contributed by atoms with van der Waals surface area (Å²) in [5.74, 6) is -0.00257. The zero-order valence-electron chi connectivity index (χ0n) is 19.1. The van der Waals surface area contributed by atoms with E-state index in [9.17, 15) is 23.3 Å². The third kappa shape index (κ3) is 7.16. The summed E-state index contributed by atoms with van der Waals surface area (Å²) in [6.45, 7) is 5.62. The van der Waals surface area contributed by atoms with Crippen molar-refractivity contribution in [3.05, 3.63) is 58.1 Å². The number of ether oxygens (including phenoxy) is 2. The molecule has 0 aliphatic rings. The maximum atomic E-state index is 13.4. The van der Waals surface area contributed by atoms with Crippen LogP contribution in [0.1, 0.15) is 25.8 Å². The van der Waals surface area contributed by atoms with Gasteiger partial charge in [0, 0.05) is 24.8 Å². The number of carbonyl (C=O) groups is 1. The summed E-state index contributed by atoms with van der Waals surface area (Å²) in [7, 11) is -2.81. The molecule has 0 spiro atoms. The van der Waals surface area contributed by atoms with Crippen LogP contribution in [0.5, 0.6) is 5.75 Å². The minimum atomic E-state index is -4.29. The number of nitro groups is 1. The Kier molecular flexibility index (Phi) is 9.18. The summed E-state index contributed by atoms with van der Waals surface area (Å²) >= 11 is 0. The van der Waals surface area contributed by atoms with E-state index in [0.717, 1.165) is 10.4 Å². The molecule has 0 atom stereocenters. The fourth-order valence-corrected chi connectivity index (χ4v) is 4.38. The van der Waals surface area contributed by atoms with E-state index in [1.54, 1.807) is 12.1 Å². The van der Waals surface area contributed by atoms with Crippen molar-refractivity contribution in [1.82, 2.24) is 5.32 Å². The Hall–Kier alpha value is -3.18. The van der Waals surface area contributed by atoms with Gasteiger partial charge in [-0.2, -0.15) is 0 Å². The SMILES string of the molecule is COc1ccc(N(CC(=O)NCCCOC(C)C)S(=O)(=O)c2ccc(C)c([N+](=O)[O-])c2)cc1. The van der Waals surface area contributed by atoms with Gasteiger partial charge in [0.15, 0.2) is 0 Å². The molecule has 0 fully saturated rings. The number of nitro benzene ring substituents is 1. The third-order valence-corrected chi connectivity index (χ3v) is 6.48. The first-order valence-electron chi connectivity index (χ1n) is 10.4. The van der Waals surface area contributed by atoms with Crippen molar-refractivity contribution in [2.75, 3.05) is 31.1 Å². The molecule has 0 aromatic heterocycles. The molecule has 0 bridgehead atoms. The van der Waals surface area contributed by atoms with Gasteiger partial charge >= 0.3 is 0 Å². The van der Waals surface area contributed by atoms with Crippen molar-refractivity contribution >= 4 is 27.3 Å². The van der Waals surface area contributed by atoms with E-state index in [0.29, 0.717) is 30.9 Å². The molecule has 0 radical (unpaired) electrons. The number of hydrogen-bond acceptors (Lipinski definition) is 7. The van der Waals surface area contributed by atoms with Crippen molar-refractivity contribution in [3.63, 3.8) is 0 Å². The van der Waals surface area contributed by atoms with E-state index in [2.05, 4.69) is 5.32 Å². The number of nitrogens with one attached hydrogen (secondary N) is 1. The molecule has 0 saturated carbocycles. The number of rotatable bonds is 12. The molecule has 1 amide bonds. The summed E-state index contributed by atoms with van der Waals surface area (Å²) in [4.78, 5) is 23.0. The van der Waals surface area contributed by atoms with E-state index in [1.807, 2.05) is 13.8 Å². The third-order valence-electron chi connectivity index (χ3n) is 4.71. The molecule has 10 nitrogen and oxygen atoms in total. The lowest BCUT2D eigenvalue weighted by molar-refractivity contribution is -0.385. The van der Waals surface area contributed by atoms with Crippen molar-refractivity contribution < 1.29 is 27.6 Å². The smallest absolute Gasteiger partial charge is 0.273 e. The molecule has 2 aromatic rings. The Morgan fingerprint density at radius 1 is 1.18 bits per heavy atom. The highest BCUT2D eigenvalue weighted by Crippen LogP contribution is 2.28. The average Bonchev–Trinajstić information content (AvgIpc) is 2.77. The quantitative estimate of drug-likeness (QED) is 0.281. The molecule has 2 aromatic carbocycles. The van der Waals surface area contributed by atoms with Gasteiger partial charge in [0.25, 0.3) is 15.7 Å². The maximum absolute atomic E-state index is 13.4. The number of amides is 1.